The van der Waals surface area contributed by atoms with Gasteiger partial charge in [0.1, 0.15) is 5.82 Å². The molecule has 0 radical (unpaired) electrons. The van der Waals surface area contributed by atoms with Crippen LogP contribution in [0.15, 0.2) is 18.3 Å². The Kier molecular flexibility index (Phi) is 3.58. The molecule has 0 aromatic carbocycles. The van der Waals surface area contributed by atoms with E-state index in [9.17, 15) is 13.2 Å². The topological polar surface area (TPSA) is 69.2 Å². The van der Waals surface area contributed by atoms with Gasteiger partial charge in [-0.2, -0.15) is 18.3 Å². The SMILES string of the molecule is Cn1nc(-c2cnc(N)c(C(F)(F)F)c2)cc1C1[C@H]2CN(C3COC3)C[C@@H]12. The number of pyridine rings is 1. The second kappa shape index (κ2) is 5.68. The first-order chi connectivity index (χ1) is 12.8. The van der Waals surface area contributed by atoms with E-state index in [1.165, 1.54) is 6.20 Å². The van der Waals surface area contributed by atoms with E-state index < -0.39 is 17.6 Å². The minimum Gasteiger partial charge on any atom is -0.383 e. The molecular formula is C18H20F3N5O. The Bertz CT molecular complexity index is 880. The third-order valence-corrected chi connectivity index (χ3v) is 6.14. The molecule has 2 saturated heterocycles. The zero-order valence-corrected chi connectivity index (χ0v) is 14.8. The van der Waals surface area contributed by atoms with Crippen LogP contribution in [-0.2, 0) is 18.0 Å². The first-order valence-corrected chi connectivity index (χ1v) is 9.01. The van der Waals surface area contributed by atoms with Crippen LogP contribution in [0, 0.1) is 11.8 Å². The number of hydrogen-bond acceptors (Lipinski definition) is 5. The molecule has 3 aliphatic rings. The second-order valence-corrected chi connectivity index (χ2v) is 7.73. The molecule has 6 nitrogen and oxygen atoms in total. The molecule has 2 aromatic heterocycles. The molecule has 2 N–H and O–H groups in total. The summed E-state index contributed by atoms with van der Waals surface area (Å²) in [5, 5.41) is 4.44. The van der Waals surface area contributed by atoms with Gasteiger partial charge in [-0.25, -0.2) is 4.98 Å². The van der Waals surface area contributed by atoms with Gasteiger partial charge < -0.3 is 10.5 Å². The van der Waals surface area contributed by atoms with Crippen molar-refractivity contribution in [2.75, 3.05) is 32.0 Å². The number of ether oxygens (including phenoxy) is 1. The number of piperidine rings is 1. The molecule has 1 aliphatic carbocycles. The molecule has 144 valence electrons. The largest absolute Gasteiger partial charge is 0.419 e. The Morgan fingerprint density at radius 3 is 2.48 bits per heavy atom. The monoisotopic (exact) mass is 379 g/mol. The summed E-state index contributed by atoms with van der Waals surface area (Å²) in [6, 6.07) is 3.48. The van der Waals surface area contributed by atoms with Gasteiger partial charge in [0.15, 0.2) is 0 Å². The van der Waals surface area contributed by atoms with Crippen molar-refractivity contribution < 1.29 is 17.9 Å². The highest BCUT2D eigenvalue weighted by molar-refractivity contribution is 5.63. The lowest BCUT2D eigenvalue weighted by Crippen LogP contribution is -2.48. The minimum atomic E-state index is -4.53. The molecule has 3 fully saturated rings. The molecule has 9 heteroatoms. The molecule has 4 heterocycles. The Balaban J connectivity index is 1.37. The number of aromatic nitrogens is 3. The third kappa shape index (κ3) is 2.71. The molecule has 27 heavy (non-hydrogen) atoms. The van der Waals surface area contributed by atoms with Gasteiger partial charge in [0.2, 0.25) is 0 Å². The highest BCUT2D eigenvalue weighted by Gasteiger charge is 2.58. The Morgan fingerprint density at radius 2 is 1.89 bits per heavy atom. The van der Waals surface area contributed by atoms with E-state index >= 15 is 0 Å². The molecule has 1 saturated carbocycles. The molecule has 5 rings (SSSR count). The maximum absolute atomic E-state index is 13.1. The molecule has 3 atom stereocenters. The summed E-state index contributed by atoms with van der Waals surface area (Å²) >= 11 is 0. The van der Waals surface area contributed by atoms with Crippen LogP contribution in [0.1, 0.15) is 17.2 Å². The van der Waals surface area contributed by atoms with Crippen molar-refractivity contribution in [1.82, 2.24) is 19.7 Å². The second-order valence-electron chi connectivity index (χ2n) is 7.73. The molecule has 0 bridgehead atoms. The number of nitrogens with two attached hydrogens (primary N) is 1. The van der Waals surface area contributed by atoms with E-state index in [4.69, 9.17) is 10.5 Å². The zero-order valence-electron chi connectivity index (χ0n) is 14.8. The number of fused-ring (bicyclic) bond motifs is 1. The van der Waals surface area contributed by atoms with Crippen molar-refractivity contribution in [3.05, 3.63) is 29.6 Å². The fraction of sp³-hybridized carbons (Fsp3) is 0.556. The van der Waals surface area contributed by atoms with Gasteiger partial charge in [0.05, 0.1) is 30.5 Å². The first kappa shape index (κ1) is 17.0. The first-order valence-electron chi connectivity index (χ1n) is 9.01. The summed E-state index contributed by atoms with van der Waals surface area (Å²) in [7, 11) is 1.85. The molecule has 0 spiro atoms. The lowest BCUT2D eigenvalue weighted by molar-refractivity contribution is -0.137. The number of rotatable bonds is 3. The van der Waals surface area contributed by atoms with Gasteiger partial charge in [-0.15, -0.1) is 0 Å². The van der Waals surface area contributed by atoms with E-state index in [-0.39, 0.29) is 0 Å². The van der Waals surface area contributed by atoms with Crippen molar-refractivity contribution >= 4 is 5.82 Å². The van der Waals surface area contributed by atoms with E-state index in [0.29, 0.717) is 35.1 Å². The maximum atomic E-state index is 13.1. The average molecular weight is 379 g/mol. The highest BCUT2D eigenvalue weighted by Crippen LogP contribution is 2.58. The molecule has 2 aliphatic heterocycles. The van der Waals surface area contributed by atoms with E-state index in [2.05, 4.69) is 15.0 Å². The van der Waals surface area contributed by atoms with Gasteiger partial charge in [-0.3, -0.25) is 9.58 Å². The number of aryl methyl sites for hydroxylation is 1. The predicted octanol–water partition coefficient (Wildman–Crippen LogP) is 2.13. The summed E-state index contributed by atoms with van der Waals surface area (Å²) in [5.41, 5.74) is 6.38. The number of likely N-dealkylation sites (tertiary alicyclic amines) is 1. The standard InChI is InChI=1S/C18H20F3N5O/c1-25-15(16-11-5-26(6-12(11)16)10-7-27-8-10)3-14(24-25)9-2-13(18(19,20)21)17(22)23-4-9/h2-4,10-12,16H,5-8H2,1H3,(H2,22,23)/t11-,12+,16?. The van der Waals surface area contributed by atoms with Crippen molar-refractivity contribution in [3.8, 4) is 11.3 Å². The number of halogens is 3. The highest BCUT2D eigenvalue weighted by atomic mass is 19.4. The summed E-state index contributed by atoms with van der Waals surface area (Å²) in [4.78, 5) is 6.21. The average Bonchev–Trinajstić information content (AvgIpc) is 2.89. The smallest absolute Gasteiger partial charge is 0.383 e. The van der Waals surface area contributed by atoms with Crippen LogP contribution in [0.25, 0.3) is 11.3 Å². The van der Waals surface area contributed by atoms with Gasteiger partial charge in [0, 0.05) is 43.5 Å². The van der Waals surface area contributed by atoms with Gasteiger partial charge in [0.25, 0.3) is 0 Å². The van der Waals surface area contributed by atoms with Crippen LogP contribution < -0.4 is 5.73 Å². The molecular weight excluding hydrogens is 359 g/mol. The number of alkyl halides is 3. The Hall–Kier alpha value is -2.13. The summed E-state index contributed by atoms with van der Waals surface area (Å²) in [6.07, 6.45) is -3.18. The number of nitrogens with zero attached hydrogens (tertiary/aromatic N) is 4. The summed E-state index contributed by atoms with van der Waals surface area (Å²) in [5.74, 6) is 1.12. The van der Waals surface area contributed by atoms with Crippen LogP contribution in [0.5, 0.6) is 0 Å². The molecule has 1 unspecified atom stereocenters. The van der Waals surface area contributed by atoms with Crippen LogP contribution in [0.2, 0.25) is 0 Å². The van der Waals surface area contributed by atoms with Crippen LogP contribution in [0.4, 0.5) is 19.0 Å². The van der Waals surface area contributed by atoms with E-state index in [1.54, 1.807) is 4.68 Å². The van der Waals surface area contributed by atoms with Gasteiger partial charge in [-0.1, -0.05) is 0 Å². The molecule has 2 aromatic rings. The fourth-order valence-electron chi connectivity index (χ4n) is 4.51. The van der Waals surface area contributed by atoms with Crippen LogP contribution in [-0.4, -0.2) is 52.0 Å². The lowest BCUT2D eigenvalue weighted by Gasteiger charge is -2.35. The Morgan fingerprint density at radius 1 is 1.19 bits per heavy atom. The van der Waals surface area contributed by atoms with Crippen molar-refractivity contribution in [2.45, 2.75) is 18.1 Å². The van der Waals surface area contributed by atoms with Crippen LogP contribution >= 0.6 is 0 Å². The quantitative estimate of drug-likeness (QED) is 0.885. The number of nitrogen functional groups attached to an aromatic ring is 1. The van der Waals surface area contributed by atoms with Crippen LogP contribution in [0.3, 0.4) is 0 Å². The van der Waals surface area contributed by atoms with Crippen molar-refractivity contribution in [3.63, 3.8) is 0 Å². The predicted molar refractivity (Wildman–Crippen MR) is 91.8 cm³/mol. The number of anilines is 1. The zero-order chi connectivity index (χ0) is 18.9. The van der Waals surface area contributed by atoms with Crippen molar-refractivity contribution in [2.24, 2.45) is 18.9 Å². The maximum Gasteiger partial charge on any atom is 0.419 e. The lowest BCUT2D eigenvalue weighted by atomic mass is 10.1. The van der Waals surface area contributed by atoms with Crippen molar-refractivity contribution in [1.29, 1.82) is 0 Å². The molecule has 0 amide bonds. The van der Waals surface area contributed by atoms with Gasteiger partial charge >= 0.3 is 6.18 Å². The Labute approximate surface area is 154 Å². The minimum absolute atomic E-state index is 0.331. The summed E-state index contributed by atoms with van der Waals surface area (Å²) < 4.78 is 46.4. The fourth-order valence-corrected chi connectivity index (χ4v) is 4.51. The normalized spacial score (nSPS) is 28.2. The third-order valence-electron chi connectivity index (χ3n) is 6.14. The van der Waals surface area contributed by atoms with Gasteiger partial charge in [-0.05, 0) is 24.0 Å². The summed E-state index contributed by atoms with van der Waals surface area (Å²) in [6.45, 7) is 3.77. The van der Waals surface area contributed by atoms with E-state index in [1.807, 2.05) is 13.1 Å². The van der Waals surface area contributed by atoms with E-state index in [0.717, 1.165) is 38.1 Å². The number of hydrogen-bond donors (Lipinski definition) is 1.